The highest BCUT2D eigenvalue weighted by atomic mass is 19.4. The zero-order valence-corrected chi connectivity index (χ0v) is 17.3. The lowest BCUT2D eigenvalue weighted by molar-refractivity contribution is -0.137. The highest BCUT2D eigenvalue weighted by molar-refractivity contribution is 5.95. The number of benzene rings is 2. The average molecular weight is 447 g/mol. The van der Waals surface area contributed by atoms with Crippen molar-refractivity contribution in [3.05, 3.63) is 59.7 Å². The Balaban J connectivity index is 1.26. The van der Waals surface area contributed by atoms with E-state index in [-0.39, 0.29) is 12.5 Å². The van der Waals surface area contributed by atoms with Crippen molar-refractivity contribution >= 4 is 23.4 Å². The van der Waals surface area contributed by atoms with E-state index >= 15 is 0 Å². The molecule has 0 unspecified atom stereocenters. The van der Waals surface area contributed by atoms with Crippen molar-refractivity contribution in [1.29, 1.82) is 0 Å². The van der Waals surface area contributed by atoms with E-state index in [1.54, 1.807) is 18.2 Å². The summed E-state index contributed by atoms with van der Waals surface area (Å²) in [6, 6.07) is 10.6. The van der Waals surface area contributed by atoms with E-state index in [9.17, 15) is 23.1 Å². The fourth-order valence-electron chi connectivity index (χ4n) is 3.79. The van der Waals surface area contributed by atoms with Crippen molar-refractivity contribution < 1.29 is 27.8 Å². The zero-order valence-electron chi connectivity index (χ0n) is 17.3. The molecule has 2 N–H and O–H groups in total. The van der Waals surface area contributed by atoms with Gasteiger partial charge in [-0.25, -0.2) is 0 Å². The standard InChI is InChI=1S/C23H24F3N3O3/c24-23(25,26)17-3-5-18(6-4-17)29-11-9-28(10-12-29)14-19(30)7-1-16-2-8-20-21(13-16)32-15-22(31)27-20/h1-8,13,19,30H,9-12,14-15H2,(H,27,31)/b7-1+/t19-/m0/s1. The predicted octanol–water partition coefficient (Wildman–Crippen LogP) is 3.23. The van der Waals surface area contributed by atoms with Crippen molar-refractivity contribution in [2.24, 2.45) is 0 Å². The Bertz CT molecular complexity index is 984. The van der Waals surface area contributed by atoms with E-state index < -0.39 is 17.8 Å². The lowest BCUT2D eigenvalue weighted by Gasteiger charge is -2.36. The van der Waals surface area contributed by atoms with Crippen molar-refractivity contribution in [1.82, 2.24) is 4.90 Å². The molecule has 0 radical (unpaired) electrons. The summed E-state index contributed by atoms with van der Waals surface area (Å²) in [5.74, 6) is 0.412. The Hall–Kier alpha value is -3.04. The molecule has 1 amide bonds. The monoisotopic (exact) mass is 447 g/mol. The summed E-state index contributed by atoms with van der Waals surface area (Å²) in [4.78, 5) is 15.5. The molecule has 32 heavy (non-hydrogen) atoms. The summed E-state index contributed by atoms with van der Waals surface area (Å²) >= 11 is 0. The summed E-state index contributed by atoms with van der Waals surface area (Å²) in [5, 5.41) is 13.1. The topological polar surface area (TPSA) is 65.0 Å². The quantitative estimate of drug-likeness (QED) is 0.737. The molecule has 0 bridgehead atoms. The maximum atomic E-state index is 12.7. The van der Waals surface area contributed by atoms with Crippen LogP contribution in [0.3, 0.4) is 0 Å². The summed E-state index contributed by atoms with van der Waals surface area (Å²) < 4.78 is 43.6. The maximum absolute atomic E-state index is 12.7. The number of hydrogen-bond donors (Lipinski definition) is 2. The number of β-amino-alcohol motifs (C(OH)–C–C–N with tert-alkyl or cyclic N) is 1. The SMILES string of the molecule is O=C1COc2cc(/C=C/[C@H](O)CN3CCN(c4ccc(C(F)(F)F)cc4)CC3)ccc2N1. The van der Waals surface area contributed by atoms with Crippen LogP contribution < -0.4 is 15.0 Å². The summed E-state index contributed by atoms with van der Waals surface area (Å²) in [6.45, 7) is 3.22. The van der Waals surface area contributed by atoms with Crippen LogP contribution in [0.15, 0.2) is 48.5 Å². The molecule has 170 valence electrons. The molecule has 9 heteroatoms. The second-order valence-corrected chi connectivity index (χ2v) is 7.85. The molecular weight excluding hydrogens is 423 g/mol. The van der Waals surface area contributed by atoms with Crippen LogP contribution in [0.2, 0.25) is 0 Å². The van der Waals surface area contributed by atoms with Crippen molar-refractivity contribution in [2.75, 3.05) is 49.5 Å². The fraction of sp³-hybridized carbons (Fsp3) is 0.348. The maximum Gasteiger partial charge on any atom is 0.416 e. The molecule has 1 atom stereocenters. The first kappa shape index (κ1) is 22.2. The lowest BCUT2D eigenvalue weighted by Crippen LogP contribution is -2.48. The number of anilines is 2. The van der Waals surface area contributed by atoms with Gasteiger partial charge in [0.2, 0.25) is 0 Å². The molecule has 0 aromatic heterocycles. The number of piperazine rings is 1. The molecule has 0 saturated carbocycles. The van der Waals surface area contributed by atoms with Crippen LogP contribution >= 0.6 is 0 Å². The van der Waals surface area contributed by atoms with Gasteiger partial charge in [-0.3, -0.25) is 9.69 Å². The van der Waals surface area contributed by atoms with Gasteiger partial charge in [0.15, 0.2) is 6.61 Å². The van der Waals surface area contributed by atoms with E-state index in [0.29, 0.717) is 44.2 Å². The van der Waals surface area contributed by atoms with Gasteiger partial charge in [-0.1, -0.05) is 18.2 Å². The van der Waals surface area contributed by atoms with Crippen LogP contribution in [0.25, 0.3) is 6.08 Å². The van der Waals surface area contributed by atoms with Gasteiger partial charge in [-0.2, -0.15) is 13.2 Å². The van der Waals surface area contributed by atoms with Gasteiger partial charge in [-0.15, -0.1) is 0 Å². The third-order valence-corrected chi connectivity index (χ3v) is 5.53. The van der Waals surface area contributed by atoms with E-state index in [0.717, 1.165) is 23.4 Å². The molecule has 2 aliphatic rings. The predicted molar refractivity (Wildman–Crippen MR) is 116 cm³/mol. The normalized spacial score (nSPS) is 18.2. The second-order valence-electron chi connectivity index (χ2n) is 7.85. The third-order valence-electron chi connectivity index (χ3n) is 5.53. The highest BCUT2D eigenvalue weighted by Gasteiger charge is 2.30. The molecule has 2 aromatic carbocycles. The van der Waals surface area contributed by atoms with Gasteiger partial charge >= 0.3 is 6.18 Å². The second kappa shape index (κ2) is 9.22. The smallest absolute Gasteiger partial charge is 0.416 e. The molecule has 2 heterocycles. The van der Waals surface area contributed by atoms with E-state index in [2.05, 4.69) is 10.2 Å². The third kappa shape index (κ3) is 5.41. The number of nitrogens with zero attached hydrogens (tertiary/aromatic N) is 2. The highest BCUT2D eigenvalue weighted by Crippen LogP contribution is 2.31. The first-order valence-corrected chi connectivity index (χ1v) is 10.4. The molecule has 2 aromatic rings. The minimum atomic E-state index is -4.33. The zero-order chi connectivity index (χ0) is 22.7. The van der Waals surface area contributed by atoms with E-state index in [1.165, 1.54) is 12.1 Å². The summed E-state index contributed by atoms with van der Waals surface area (Å²) in [5.41, 5.74) is 1.60. The number of hydrogen-bond acceptors (Lipinski definition) is 5. The number of amides is 1. The number of fused-ring (bicyclic) bond motifs is 1. The molecule has 6 nitrogen and oxygen atoms in total. The van der Waals surface area contributed by atoms with Crippen LogP contribution in [0.4, 0.5) is 24.5 Å². The first-order valence-electron chi connectivity index (χ1n) is 10.4. The number of aliphatic hydroxyl groups is 1. The largest absolute Gasteiger partial charge is 0.482 e. The van der Waals surface area contributed by atoms with Gasteiger partial charge in [0.25, 0.3) is 5.91 Å². The Morgan fingerprint density at radius 3 is 2.50 bits per heavy atom. The Morgan fingerprint density at radius 2 is 1.81 bits per heavy atom. The lowest BCUT2D eigenvalue weighted by atomic mass is 10.1. The molecule has 0 spiro atoms. The van der Waals surface area contributed by atoms with Crippen LogP contribution in [-0.4, -0.2) is 61.3 Å². The minimum Gasteiger partial charge on any atom is -0.482 e. The van der Waals surface area contributed by atoms with Crippen LogP contribution in [-0.2, 0) is 11.0 Å². The van der Waals surface area contributed by atoms with Gasteiger partial charge in [-0.05, 0) is 42.0 Å². The van der Waals surface area contributed by atoms with Crippen LogP contribution in [0.5, 0.6) is 5.75 Å². The molecule has 1 fully saturated rings. The molecule has 4 rings (SSSR count). The molecular formula is C23H24F3N3O3. The van der Waals surface area contributed by atoms with Crippen LogP contribution in [0.1, 0.15) is 11.1 Å². The number of ether oxygens (including phenoxy) is 1. The molecule has 2 aliphatic heterocycles. The first-order chi connectivity index (χ1) is 15.3. The average Bonchev–Trinajstić information content (AvgIpc) is 2.78. The number of halogens is 3. The van der Waals surface area contributed by atoms with Crippen molar-refractivity contribution in [3.63, 3.8) is 0 Å². The van der Waals surface area contributed by atoms with Gasteiger partial charge in [0.1, 0.15) is 5.75 Å². The van der Waals surface area contributed by atoms with E-state index in [4.69, 9.17) is 4.74 Å². The minimum absolute atomic E-state index is 0.0127. The number of alkyl halides is 3. The Kier molecular flexibility index (Phi) is 6.38. The van der Waals surface area contributed by atoms with E-state index in [1.807, 2.05) is 17.0 Å². The number of carbonyl (C=O) groups excluding carboxylic acids is 1. The molecule has 1 saturated heterocycles. The Labute approximate surface area is 183 Å². The number of rotatable bonds is 5. The van der Waals surface area contributed by atoms with Crippen molar-refractivity contribution in [3.8, 4) is 5.75 Å². The Morgan fingerprint density at radius 1 is 1.09 bits per heavy atom. The van der Waals surface area contributed by atoms with Gasteiger partial charge < -0.3 is 20.1 Å². The molecule has 0 aliphatic carbocycles. The summed E-state index contributed by atoms with van der Waals surface area (Å²) in [7, 11) is 0. The fourth-order valence-corrected chi connectivity index (χ4v) is 3.79. The summed E-state index contributed by atoms with van der Waals surface area (Å²) in [6.07, 6.45) is -1.47. The van der Waals surface area contributed by atoms with Crippen molar-refractivity contribution in [2.45, 2.75) is 12.3 Å². The number of nitrogens with one attached hydrogen (secondary N) is 1. The van der Waals surface area contributed by atoms with Gasteiger partial charge in [0, 0.05) is 38.4 Å². The number of carbonyl (C=O) groups is 1. The van der Waals surface area contributed by atoms with Crippen LogP contribution in [0, 0.1) is 0 Å². The van der Waals surface area contributed by atoms with Gasteiger partial charge in [0.05, 0.1) is 17.4 Å². The number of aliphatic hydroxyl groups excluding tert-OH is 1.